The third-order valence-corrected chi connectivity index (χ3v) is 6.12. The lowest BCUT2D eigenvalue weighted by Crippen LogP contribution is -2.26. The van der Waals surface area contributed by atoms with Crippen LogP contribution in [-0.4, -0.2) is 39.8 Å². The van der Waals surface area contributed by atoms with Crippen LogP contribution in [-0.2, 0) is 19.4 Å². The minimum atomic E-state index is -4.28. The average Bonchev–Trinajstić information content (AvgIpc) is 2.73. The first-order valence-electron chi connectivity index (χ1n) is 9.32. The summed E-state index contributed by atoms with van der Waals surface area (Å²) in [6.07, 6.45) is 0.347. The van der Waals surface area contributed by atoms with Gasteiger partial charge in [-0.15, -0.1) is 0 Å². The van der Waals surface area contributed by atoms with E-state index in [0.29, 0.717) is 12.1 Å². The zero-order valence-electron chi connectivity index (χ0n) is 17.1. The molecule has 8 nitrogen and oxygen atoms in total. The van der Waals surface area contributed by atoms with Crippen LogP contribution in [0.25, 0.3) is 0 Å². The summed E-state index contributed by atoms with van der Waals surface area (Å²) < 4.78 is 77.0. The Balaban J connectivity index is 2.22. The molecule has 0 saturated heterocycles. The van der Waals surface area contributed by atoms with Crippen molar-refractivity contribution in [3.63, 3.8) is 0 Å². The maximum Gasteiger partial charge on any atom is 0.309 e. The van der Waals surface area contributed by atoms with Crippen molar-refractivity contribution < 1.29 is 35.9 Å². The number of guanidine groups is 1. The number of carbonyl (C=O) groups excluding carboxylic acids is 1. The van der Waals surface area contributed by atoms with Crippen molar-refractivity contribution in [3.8, 4) is 11.5 Å². The molecule has 2 aromatic rings. The highest BCUT2D eigenvalue weighted by Crippen LogP contribution is 2.31. The van der Waals surface area contributed by atoms with Gasteiger partial charge in [-0.1, -0.05) is 0 Å². The maximum atomic E-state index is 14.5. The molecular formula is C20H22F3N3O5S. The second kappa shape index (κ2) is 10.8. The van der Waals surface area contributed by atoms with E-state index >= 15 is 0 Å². The molecule has 32 heavy (non-hydrogen) atoms. The average molecular weight is 473 g/mol. The van der Waals surface area contributed by atoms with Crippen molar-refractivity contribution in [2.75, 3.05) is 19.4 Å². The van der Waals surface area contributed by atoms with Crippen LogP contribution >= 0.6 is 0 Å². The molecule has 0 unspecified atom stereocenters. The third kappa shape index (κ3) is 6.87. The summed E-state index contributed by atoms with van der Waals surface area (Å²) in [7, 11) is -3.18. The van der Waals surface area contributed by atoms with Crippen LogP contribution in [0.3, 0.4) is 0 Å². The molecule has 0 fully saturated rings. The lowest BCUT2D eigenvalue weighted by molar-refractivity contribution is -0.144. The van der Waals surface area contributed by atoms with Crippen molar-refractivity contribution in [1.29, 1.82) is 0 Å². The van der Waals surface area contributed by atoms with E-state index in [4.69, 9.17) is 16.2 Å². The summed E-state index contributed by atoms with van der Waals surface area (Å²) in [4.78, 5) is 15.1. The van der Waals surface area contributed by atoms with E-state index in [-0.39, 0.29) is 31.1 Å². The molecule has 0 bridgehead atoms. The number of benzene rings is 2. The molecule has 0 radical (unpaired) electrons. The lowest BCUT2D eigenvalue weighted by Gasteiger charge is -2.15. The van der Waals surface area contributed by atoms with Crippen LogP contribution in [0.15, 0.2) is 46.3 Å². The second-order valence-electron chi connectivity index (χ2n) is 6.72. The van der Waals surface area contributed by atoms with Gasteiger partial charge in [0, 0.05) is 6.54 Å². The van der Waals surface area contributed by atoms with Gasteiger partial charge in [0.25, 0.3) is 0 Å². The molecule has 0 heterocycles. The van der Waals surface area contributed by atoms with E-state index < -0.39 is 55.6 Å². The van der Waals surface area contributed by atoms with Gasteiger partial charge >= 0.3 is 5.97 Å². The largest absolute Gasteiger partial charge is 0.469 e. The molecule has 2 aromatic carbocycles. The van der Waals surface area contributed by atoms with Crippen LogP contribution in [0.2, 0.25) is 0 Å². The molecule has 0 aromatic heterocycles. The highest BCUT2D eigenvalue weighted by atomic mass is 32.2. The first-order valence-corrected chi connectivity index (χ1v) is 11.0. The van der Waals surface area contributed by atoms with E-state index in [1.807, 2.05) is 0 Å². The van der Waals surface area contributed by atoms with Crippen molar-refractivity contribution in [2.45, 2.75) is 17.7 Å². The van der Waals surface area contributed by atoms with Gasteiger partial charge in [0.15, 0.2) is 33.2 Å². The first-order chi connectivity index (χ1) is 15.0. The molecule has 0 aliphatic rings. The quantitative estimate of drug-likeness (QED) is 0.234. The molecule has 0 saturated carbocycles. The summed E-state index contributed by atoms with van der Waals surface area (Å²) >= 11 is 0. The molecule has 2 rings (SSSR count). The Morgan fingerprint density at radius 2 is 1.69 bits per heavy atom. The normalized spacial score (nSPS) is 12.1. The number of ether oxygens (including phenoxy) is 2. The number of aliphatic imine (C=N–C) groups is 1. The molecule has 4 N–H and O–H groups in total. The number of halogens is 3. The Bertz CT molecular complexity index is 1070. The predicted octanol–water partition coefficient (Wildman–Crippen LogP) is 2.51. The summed E-state index contributed by atoms with van der Waals surface area (Å²) in [5.41, 5.74) is 10.4. The molecule has 0 aliphatic heterocycles. The molecule has 1 atom stereocenters. The van der Waals surface area contributed by atoms with Crippen LogP contribution in [0.1, 0.15) is 12.8 Å². The smallest absolute Gasteiger partial charge is 0.309 e. The van der Waals surface area contributed by atoms with Crippen molar-refractivity contribution >= 4 is 21.8 Å². The topological polar surface area (TPSA) is 134 Å². The summed E-state index contributed by atoms with van der Waals surface area (Å²) in [5.74, 6) is -6.82. The Morgan fingerprint density at radius 3 is 2.22 bits per heavy atom. The Hall–Kier alpha value is -3.28. The van der Waals surface area contributed by atoms with Gasteiger partial charge in [-0.3, -0.25) is 9.79 Å². The minimum Gasteiger partial charge on any atom is -0.469 e. The Kier molecular flexibility index (Phi) is 8.47. The SMILES string of the molecule is COC(=O)[C@@H](CCCN=C(N)N)CS(=O)(=O)c1cc(F)c(Oc2ccc(F)cc2)c(F)c1. The molecule has 0 amide bonds. The molecular weight excluding hydrogens is 451 g/mol. The van der Waals surface area contributed by atoms with Gasteiger partial charge < -0.3 is 20.9 Å². The molecule has 0 aliphatic carbocycles. The van der Waals surface area contributed by atoms with E-state index in [0.717, 1.165) is 31.4 Å². The highest BCUT2D eigenvalue weighted by Gasteiger charge is 2.29. The number of carbonyl (C=O) groups is 1. The molecule has 12 heteroatoms. The zero-order valence-corrected chi connectivity index (χ0v) is 17.9. The lowest BCUT2D eigenvalue weighted by atomic mass is 10.1. The Morgan fingerprint density at radius 1 is 1.09 bits per heavy atom. The first kappa shape index (κ1) is 25.0. The summed E-state index contributed by atoms with van der Waals surface area (Å²) in [6.45, 7) is 0.161. The summed E-state index contributed by atoms with van der Waals surface area (Å²) in [6, 6.07) is 5.55. The fraction of sp³-hybridized carbons (Fsp3) is 0.300. The van der Waals surface area contributed by atoms with Crippen molar-refractivity contribution in [2.24, 2.45) is 22.4 Å². The van der Waals surface area contributed by atoms with Crippen LogP contribution in [0, 0.1) is 23.4 Å². The zero-order chi connectivity index (χ0) is 23.9. The van der Waals surface area contributed by atoms with Gasteiger partial charge in [0.2, 0.25) is 0 Å². The second-order valence-corrected chi connectivity index (χ2v) is 8.76. The van der Waals surface area contributed by atoms with Crippen molar-refractivity contribution in [3.05, 3.63) is 53.8 Å². The van der Waals surface area contributed by atoms with Gasteiger partial charge in [-0.2, -0.15) is 0 Å². The van der Waals surface area contributed by atoms with Gasteiger partial charge in [-0.25, -0.2) is 21.6 Å². The number of rotatable bonds is 10. The maximum absolute atomic E-state index is 14.5. The third-order valence-electron chi connectivity index (χ3n) is 4.32. The van der Waals surface area contributed by atoms with Crippen LogP contribution in [0.4, 0.5) is 13.2 Å². The predicted molar refractivity (Wildman–Crippen MR) is 110 cm³/mol. The van der Waals surface area contributed by atoms with E-state index in [2.05, 4.69) is 9.73 Å². The van der Waals surface area contributed by atoms with Gasteiger partial charge in [-0.05, 0) is 49.2 Å². The monoisotopic (exact) mass is 473 g/mol. The van der Waals surface area contributed by atoms with Crippen molar-refractivity contribution in [1.82, 2.24) is 0 Å². The number of hydrogen-bond donors (Lipinski definition) is 2. The van der Waals surface area contributed by atoms with Crippen LogP contribution < -0.4 is 16.2 Å². The highest BCUT2D eigenvalue weighted by molar-refractivity contribution is 7.91. The molecule has 0 spiro atoms. The summed E-state index contributed by atoms with van der Waals surface area (Å²) in [5, 5.41) is 0. The fourth-order valence-electron chi connectivity index (χ4n) is 2.78. The fourth-order valence-corrected chi connectivity index (χ4v) is 4.37. The standard InChI is InChI=1S/C20H22F3N3O5S/c1-30-19(27)12(3-2-8-26-20(24)25)11-32(28,29)15-9-16(22)18(17(23)10-15)31-14-6-4-13(21)5-7-14/h4-7,9-10,12H,2-3,8,11H2,1H3,(H4,24,25,26)/t12-/m0/s1. The number of nitrogens with two attached hydrogens (primary N) is 2. The number of sulfone groups is 1. The van der Waals surface area contributed by atoms with Gasteiger partial charge in [0.05, 0.1) is 23.7 Å². The van der Waals surface area contributed by atoms with Crippen LogP contribution in [0.5, 0.6) is 11.5 Å². The van der Waals surface area contributed by atoms with E-state index in [9.17, 15) is 26.4 Å². The molecule has 174 valence electrons. The van der Waals surface area contributed by atoms with Gasteiger partial charge in [0.1, 0.15) is 11.6 Å². The number of hydrogen-bond acceptors (Lipinski definition) is 6. The Labute approximate surface area is 182 Å². The number of methoxy groups -OCH3 is 1. The number of esters is 1. The van der Waals surface area contributed by atoms with E-state index in [1.165, 1.54) is 0 Å². The van der Waals surface area contributed by atoms with E-state index in [1.54, 1.807) is 0 Å². The number of nitrogens with zero attached hydrogens (tertiary/aromatic N) is 1. The minimum absolute atomic E-state index is 0.0497.